The summed E-state index contributed by atoms with van der Waals surface area (Å²) in [5, 5.41) is 3.36. The van der Waals surface area contributed by atoms with Crippen molar-refractivity contribution in [2.24, 2.45) is 0 Å². The fourth-order valence-electron chi connectivity index (χ4n) is 2.60. The van der Waals surface area contributed by atoms with Crippen molar-refractivity contribution < 1.29 is 14.3 Å². The molecule has 3 unspecified atom stereocenters. The average Bonchev–Trinajstić information content (AvgIpc) is 2.46. The molecule has 21 heavy (non-hydrogen) atoms. The van der Waals surface area contributed by atoms with Gasteiger partial charge in [0.05, 0.1) is 19.3 Å². The number of hydrogen-bond acceptors (Lipinski definition) is 5. The van der Waals surface area contributed by atoms with Crippen LogP contribution in [0.3, 0.4) is 0 Å². The fraction of sp³-hybridized carbons (Fsp3) is 0.938. The first-order valence-corrected chi connectivity index (χ1v) is 8.20. The average molecular weight is 300 g/mol. The Morgan fingerprint density at radius 1 is 1.43 bits per heavy atom. The molecule has 1 aliphatic heterocycles. The van der Waals surface area contributed by atoms with Crippen LogP contribution in [0.5, 0.6) is 0 Å². The summed E-state index contributed by atoms with van der Waals surface area (Å²) in [5.41, 5.74) is -0.604. The monoisotopic (exact) mass is 300 g/mol. The molecule has 0 aromatic carbocycles. The molecule has 0 amide bonds. The standard InChI is InChI=1S/C16H32N2O3/c1-6-9-17-16(5,15(19)20-7-2)8-10-18-11-14(4)21-12-13(18)3/h13-14,17H,6-12H2,1-5H3. The highest BCUT2D eigenvalue weighted by Crippen LogP contribution is 2.17. The molecule has 0 aromatic heterocycles. The Bertz CT molecular complexity index is 325. The summed E-state index contributed by atoms with van der Waals surface area (Å²) in [4.78, 5) is 14.7. The number of morpholine rings is 1. The van der Waals surface area contributed by atoms with E-state index in [-0.39, 0.29) is 12.1 Å². The van der Waals surface area contributed by atoms with Gasteiger partial charge in [-0.25, -0.2) is 0 Å². The molecule has 3 atom stereocenters. The lowest BCUT2D eigenvalue weighted by Crippen LogP contribution is -2.55. The normalized spacial score (nSPS) is 26.3. The number of carbonyl (C=O) groups excluding carboxylic acids is 1. The van der Waals surface area contributed by atoms with Crippen molar-refractivity contribution in [3.63, 3.8) is 0 Å². The fourth-order valence-corrected chi connectivity index (χ4v) is 2.60. The minimum Gasteiger partial charge on any atom is -0.465 e. The van der Waals surface area contributed by atoms with Crippen molar-refractivity contribution in [1.29, 1.82) is 0 Å². The summed E-state index contributed by atoms with van der Waals surface area (Å²) in [5.74, 6) is -0.146. The number of nitrogens with one attached hydrogen (secondary N) is 1. The van der Waals surface area contributed by atoms with Gasteiger partial charge in [0.2, 0.25) is 0 Å². The molecule has 5 heteroatoms. The van der Waals surface area contributed by atoms with Gasteiger partial charge in [0.25, 0.3) is 0 Å². The van der Waals surface area contributed by atoms with E-state index in [0.717, 1.165) is 39.1 Å². The molecule has 1 saturated heterocycles. The summed E-state index contributed by atoms with van der Waals surface area (Å²) in [7, 11) is 0. The van der Waals surface area contributed by atoms with Crippen molar-refractivity contribution in [3.8, 4) is 0 Å². The van der Waals surface area contributed by atoms with Crippen molar-refractivity contribution in [1.82, 2.24) is 10.2 Å². The van der Waals surface area contributed by atoms with E-state index in [4.69, 9.17) is 9.47 Å². The van der Waals surface area contributed by atoms with Crippen LogP contribution in [0.1, 0.15) is 47.5 Å². The SMILES string of the molecule is CCCNC(C)(CCN1CC(C)OCC1C)C(=O)OCC. The van der Waals surface area contributed by atoms with Crippen LogP contribution in [0.15, 0.2) is 0 Å². The van der Waals surface area contributed by atoms with Gasteiger partial charge < -0.3 is 14.8 Å². The predicted molar refractivity (Wildman–Crippen MR) is 84.4 cm³/mol. The molecular formula is C16H32N2O3. The highest BCUT2D eigenvalue weighted by atomic mass is 16.5. The molecule has 1 rings (SSSR count). The van der Waals surface area contributed by atoms with Crippen molar-refractivity contribution in [3.05, 3.63) is 0 Å². The van der Waals surface area contributed by atoms with E-state index in [0.29, 0.717) is 12.6 Å². The number of nitrogens with zero attached hydrogens (tertiary/aromatic N) is 1. The van der Waals surface area contributed by atoms with Gasteiger partial charge in [-0.2, -0.15) is 0 Å². The topological polar surface area (TPSA) is 50.8 Å². The molecular weight excluding hydrogens is 268 g/mol. The maximum atomic E-state index is 12.3. The second-order valence-electron chi connectivity index (χ2n) is 6.22. The first-order chi connectivity index (χ1) is 9.92. The molecule has 0 aromatic rings. The Hall–Kier alpha value is -0.650. The molecule has 1 heterocycles. The Morgan fingerprint density at radius 2 is 2.14 bits per heavy atom. The van der Waals surface area contributed by atoms with Gasteiger partial charge in [-0.05, 0) is 47.1 Å². The second-order valence-corrected chi connectivity index (χ2v) is 6.22. The third kappa shape index (κ3) is 5.57. The minimum absolute atomic E-state index is 0.146. The van der Waals surface area contributed by atoms with Gasteiger partial charge >= 0.3 is 5.97 Å². The number of ether oxygens (including phenoxy) is 2. The molecule has 0 bridgehead atoms. The van der Waals surface area contributed by atoms with Crippen LogP contribution in [0.25, 0.3) is 0 Å². The lowest BCUT2D eigenvalue weighted by atomic mass is 9.96. The van der Waals surface area contributed by atoms with Crippen LogP contribution < -0.4 is 5.32 Å². The summed E-state index contributed by atoms with van der Waals surface area (Å²) in [6.07, 6.45) is 2.02. The van der Waals surface area contributed by atoms with Crippen molar-refractivity contribution in [2.45, 2.75) is 65.1 Å². The van der Waals surface area contributed by atoms with Crippen LogP contribution in [-0.4, -0.2) is 61.4 Å². The zero-order chi connectivity index (χ0) is 15.9. The number of rotatable bonds is 8. The molecule has 5 nitrogen and oxygen atoms in total. The van der Waals surface area contributed by atoms with E-state index in [2.05, 4.69) is 31.0 Å². The Balaban J connectivity index is 2.61. The number of hydrogen-bond donors (Lipinski definition) is 1. The van der Waals surface area contributed by atoms with Crippen LogP contribution >= 0.6 is 0 Å². The summed E-state index contributed by atoms with van der Waals surface area (Å²) < 4.78 is 10.9. The largest absolute Gasteiger partial charge is 0.465 e. The molecule has 0 spiro atoms. The van der Waals surface area contributed by atoms with Gasteiger partial charge in [-0.3, -0.25) is 9.69 Å². The van der Waals surface area contributed by atoms with E-state index in [1.54, 1.807) is 0 Å². The lowest BCUT2D eigenvalue weighted by Gasteiger charge is -2.39. The lowest BCUT2D eigenvalue weighted by molar-refractivity contribution is -0.151. The molecule has 0 radical (unpaired) electrons. The minimum atomic E-state index is -0.604. The van der Waals surface area contributed by atoms with E-state index in [9.17, 15) is 4.79 Å². The van der Waals surface area contributed by atoms with E-state index >= 15 is 0 Å². The van der Waals surface area contributed by atoms with Gasteiger partial charge in [0, 0.05) is 19.1 Å². The first kappa shape index (κ1) is 18.4. The molecule has 1 N–H and O–H groups in total. The second kappa shape index (κ2) is 8.71. The molecule has 1 fully saturated rings. The Labute approximate surface area is 129 Å². The molecule has 0 saturated carbocycles. The number of carbonyl (C=O) groups is 1. The van der Waals surface area contributed by atoms with E-state index in [1.165, 1.54) is 0 Å². The summed E-state index contributed by atoms with van der Waals surface area (Å²) in [6.45, 7) is 14.0. The van der Waals surface area contributed by atoms with Crippen LogP contribution in [0, 0.1) is 0 Å². The van der Waals surface area contributed by atoms with Gasteiger partial charge in [0.15, 0.2) is 0 Å². The molecule has 0 aliphatic carbocycles. The smallest absolute Gasteiger partial charge is 0.326 e. The predicted octanol–water partition coefficient (Wildman–Crippen LogP) is 1.81. The third-order valence-corrected chi connectivity index (χ3v) is 4.13. The first-order valence-electron chi connectivity index (χ1n) is 8.20. The van der Waals surface area contributed by atoms with E-state index < -0.39 is 5.54 Å². The van der Waals surface area contributed by atoms with Crippen LogP contribution in [0.2, 0.25) is 0 Å². The van der Waals surface area contributed by atoms with Gasteiger partial charge in [0.1, 0.15) is 5.54 Å². The zero-order valence-electron chi connectivity index (χ0n) is 14.3. The highest BCUT2D eigenvalue weighted by Gasteiger charge is 2.35. The van der Waals surface area contributed by atoms with Gasteiger partial charge in [-0.1, -0.05) is 6.92 Å². The maximum absolute atomic E-state index is 12.3. The molecule has 124 valence electrons. The maximum Gasteiger partial charge on any atom is 0.326 e. The van der Waals surface area contributed by atoms with E-state index in [1.807, 2.05) is 13.8 Å². The number of esters is 1. The Morgan fingerprint density at radius 3 is 2.76 bits per heavy atom. The zero-order valence-corrected chi connectivity index (χ0v) is 14.3. The quantitative estimate of drug-likeness (QED) is 0.693. The van der Waals surface area contributed by atoms with Crippen molar-refractivity contribution in [2.75, 3.05) is 32.8 Å². The van der Waals surface area contributed by atoms with Crippen molar-refractivity contribution >= 4 is 5.97 Å². The Kier molecular flexibility index (Phi) is 7.63. The van der Waals surface area contributed by atoms with Crippen LogP contribution in [0.4, 0.5) is 0 Å². The highest BCUT2D eigenvalue weighted by molar-refractivity contribution is 5.80. The van der Waals surface area contributed by atoms with Crippen LogP contribution in [-0.2, 0) is 14.3 Å². The third-order valence-electron chi connectivity index (χ3n) is 4.13. The summed E-state index contributed by atoms with van der Waals surface area (Å²) in [6, 6.07) is 0.402. The molecule has 1 aliphatic rings. The summed E-state index contributed by atoms with van der Waals surface area (Å²) >= 11 is 0. The van der Waals surface area contributed by atoms with Gasteiger partial charge in [-0.15, -0.1) is 0 Å².